The number of anilines is 3. The fourth-order valence-corrected chi connectivity index (χ4v) is 4.06. The summed E-state index contributed by atoms with van der Waals surface area (Å²) in [5.41, 5.74) is 7.95. The molecule has 1 aromatic heterocycles. The number of carbonyl (C=O) groups is 2. The highest BCUT2D eigenvalue weighted by Crippen LogP contribution is 2.28. The largest absolute Gasteiger partial charge is 0.483 e. The fraction of sp³-hybridized carbons (Fsp3) is 0.417. The molecule has 11 heteroatoms. The van der Waals surface area contributed by atoms with Crippen molar-refractivity contribution >= 4 is 29.3 Å². The van der Waals surface area contributed by atoms with Crippen LogP contribution in [0.4, 0.5) is 21.8 Å². The summed E-state index contributed by atoms with van der Waals surface area (Å²) in [5.74, 6) is -0.536. The number of rotatable bonds is 8. The van der Waals surface area contributed by atoms with Crippen LogP contribution in [0.1, 0.15) is 24.8 Å². The van der Waals surface area contributed by atoms with E-state index in [0.717, 1.165) is 31.3 Å². The van der Waals surface area contributed by atoms with Crippen LogP contribution in [0.25, 0.3) is 0 Å². The third-order valence-electron chi connectivity index (χ3n) is 6.18. The molecule has 2 aliphatic rings. The molecule has 1 fully saturated rings. The Morgan fingerprint density at radius 1 is 1.17 bits per heavy atom. The highest BCUT2D eigenvalue weighted by molar-refractivity contribution is 5.93. The van der Waals surface area contributed by atoms with Gasteiger partial charge in [0.25, 0.3) is 5.91 Å². The van der Waals surface area contributed by atoms with Crippen molar-refractivity contribution in [3.63, 3.8) is 0 Å². The van der Waals surface area contributed by atoms with Gasteiger partial charge < -0.3 is 30.9 Å². The normalized spacial score (nSPS) is 16.4. The summed E-state index contributed by atoms with van der Waals surface area (Å²) in [6.07, 6.45) is 2.97. The zero-order valence-corrected chi connectivity index (χ0v) is 19.9. The molecule has 2 heterocycles. The van der Waals surface area contributed by atoms with Crippen LogP contribution in [0.15, 0.2) is 35.7 Å². The number of amides is 2. The smallest absolute Gasteiger partial charge is 0.260 e. The van der Waals surface area contributed by atoms with Gasteiger partial charge in [0.2, 0.25) is 11.9 Å². The molecule has 186 valence electrons. The molecule has 0 saturated carbocycles. The molecule has 1 saturated heterocycles. The van der Waals surface area contributed by atoms with Crippen LogP contribution in [0, 0.1) is 12.7 Å². The quantitative estimate of drug-likeness (QED) is 0.522. The highest BCUT2D eigenvalue weighted by atomic mass is 19.1. The zero-order chi connectivity index (χ0) is 24.9. The Kier molecular flexibility index (Phi) is 7.45. The number of aromatic nitrogens is 2. The van der Waals surface area contributed by atoms with Gasteiger partial charge in [0, 0.05) is 49.2 Å². The van der Waals surface area contributed by atoms with E-state index >= 15 is 0 Å². The molecule has 10 nitrogen and oxygen atoms in total. The first-order valence-electron chi connectivity index (χ1n) is 11.6. The number of ether oxygens (including phenoxy) is 1. The number of piperazine rings is 1. The van der Waals surface area contributed by atoms with Crippen molar-refractivity contribution in [2.75, 3.05) is 50.5 Å². The van der Waals surface area contributed by atoms with Gasteiger partial charge in [-0.1, -0.05) is 6.07 Å². The van der Waals surface area contributed by atoms with E-state index < -0.39 is 11.7 Å². The average Bonchev–Trinajstić information content (AvgIpc) is 3.30. The number of hydrogen-bond donors (Lipinski definition) is 3. The summed E-state index contributed by atoms with van der Waals surface area (Å²) in [7, 11) is 2.04. The lowest BCUT2D eigenvalue weighted by molar-refractivity contribution is -0.134. The van der Waals surface area contributed by atoms with E-state index in [2.05, 4.69) is 25.5 Å². The van der Waals surface area contributed by atoms with Gasteiger partial charge in [0.05, 0.1) is 6.20 Å². The predicted octanol–water partition coefficient (Wildman–Crippen LogP) is 2.16. The molecular weight excluding hydrogens is 453 g/mol. The molecule has 0 unspecified atom stereocenters. The molecule has 0 atom stereocenters. The molecular formula is C24H30FN7O3. The molecule has 0 spiro atoms. The number of aryl methyl sites for hydroxylation is 1. The van der Waals surface area contributed by atoms with Gasteiger partial charge in [0.15, 0.2) is 18.2 Å². The second-order valence-corrected chi connectivity index (χ2v) is 8.77. The summed E-state index contributed by atoms with van der Waals surface area (Å²) in [6.45, 7) is 4.92. The zero-order valence-electron chi connectivity index (χ0n) is 19.9. The molecule has 0 radical (unpaired) electrons. The first-order valence-corrected chi connectivity index (χ1v) is 11.6. The first-order chi connectivity index (χ1) is 16.8. The topological polar surface area (TPSA) is 126 Å². The highest BCUT2D eigenvalue weighted by Gasteiger charge is 2.21. The van der Waals surface area contributed by atoms with Crippen LogP contribution in [-0.2, 0) is 9.59 Å². The number of hydrogen-bond acceptors (Lipinski definition) is 8. The third kappa shape index (κ3) is 6.04. The standard InChI is InChI=1S/C24H30FN7O3/c1-15-6-7-16(12-20(15)35-14-21(33)32-10-8-31(2)9-11-32)28-24-27-13-18(25)23(30-24)29-19-5-3-4-17(19)22(26)34/h6-7,12-13H,3-5,8-11,14H2,1-2H3,(H2,26,34)(H2,27,28,29,30). The van der Waals surface area contributed by atoms with Crippen molar-refractivity contribution in [2.24, 2.45) is 5.73 Å². The maximum absolute atomic E-state index is 14.3. The first kappa shape index (κ1) is 24.4. The van der Waals surface area contributed by atoms with Crippen LogP contribution in [0.2, 0.25) is 0 Å². The summed E-state index contributed by atoms with van der Waals surface area (Å²) >= 11 is 0. The van der Waals surface area contributed by atoms with E-state index in [-0.39, 0.29) is 24.3 Å². The number of benzene rings is 1. The van der Waals surface area contributed by atoms with Gasteiger partial charge >= 0.3 is 0 Å². The molecule has 0 bridgehead atoms. The van der Waals surface area contributed by atoms with Crippen LogP contribution in [0.3, 0.4) is 0 Å². The summed E-state index contributed by atoms with van der Waals surface area (Å²) in [4.78, 5) is 36.3. The molecule has 1 aliphatic carbocycles. The van der Waals surface area contributed by atoms with Gasteiger partial charge in [-0.05, 0) is 44.9 Å². The van der Waals surface area contributed by atoms with Crippen LogP contribution >= 0.6 is 0 Å². The van der Waals surface area contributed by atoms with Gasteiger partial charge in [-0.3, -0.25) is 9.59 Å². The van der Waals surface area contributed by atoms with E-state index in [1.165, 1.54) is 0 Å². The minimum absolute atomic E-state index is 0.0421. The second kappa shape index (κ2) is 10.7. The predicted molar refractivity (Wildman–Crippen MR) is 130 cm³/mol. The van der Waals surface area contributed by atoms with Gasteiger partial charge in [-0.25, -0.2) is 9.37 Å². The molecule has 4 N–H and O–H groups in total. The summed E-state index contributed by atoms with van der Waals surface area (Å²) in [6, 6.07) is 5.41. The molecule has 4 rings (SSSR count). The number of carbonyl (C=O) groups excluding carboxylic acids is 2. The maximum Gasteiger partial charge on any atom is 0.260 e. The number of halogens is 1. The number of likely N-dealkylation sites (N-methyl/N-ethyl adjacent to an activating group) is 1. The summed E-state index contributed by atoms with van der Waals surface area (Å²) < 4.78 is 20.2. The average molecular weight is 484 g/mol. The van der Waals surface area contributed by atoms with Crippen molar-refractivity contribution < 1.29 is 18.7 Å². The van der Waals surface area contributed by atoms with E-state index in [1.54, 1.807) is 6.07 Å². The molecule has 2 aromatic rings. The van der Waals surface area contributed by atoms with Crippen molar-refractivity contribution in [3.05, 3.63) is 47.0 Å². The number of allylic oxidation sites excluding steroid dienone is 1. The van der Waals surface area contributed by atoms with Gasteiger partial charge in [-0.15, -0.1) is 0 Å². The maximum atomic E-state index is 14.3. The van der Waals surface area contributed by atoms with Crippen molar-refractivity contribution in [1.82, 2.24) is 19.8 Å². The van der Waals surface area contributed by atoms with Crippen molar-refractivity contribution in [3.8, 4) is 5.75 Å². The van der Waals surface area contributed by atoms with E-state index in [4.69, 9.17) is 10.5 Å². The minimum Gasteiger partial charge on any atom is -0.483 e. The van der Waals surface area contributed by atoms with E-state index in [1.807, 2.05) is 31.0 Å². The number of nitrogens with one attached hydrogen (secondary N) is 2. The lowest BCUT2D eigenvalue weighted by atomic mass is 10.2. The van der Waals surface area contributed by atoms with Crippen LogP contribution < -0.4 is 21.1 Å². The van der Waals surface area contributed by atoms with Gasteiger partial charge in [0.1, 0.15) is 5.75 Å². The Morgan fingerprint density at radius 2 is 1.94 bits per heavy atom. The van der Waals surface area contributed by atoms with E-state index in [0.29, 0.717) is 48.6 Å². The van der Waals surface area contributed by atoms with Crippen molar-refractivity contribution in [1.29, 1.82) is 0 Å². The Labute approximate surface area is 203 Å². The van der Waals surface area contributed by atoms with Crippen molar-refractivity contribution in [2.45, 2.75) is 26.2 Å². The van der Waals surface area contributed by atoms with E-state index in [9.17, 15) is 14.0 Å². The Balaban J connectivity index is 1.43. The van der Waals surface area contributed by atoms with Crippen LogP contribution in [0.5, 0.6) is 5.75 Å². The molecule has 1 aromatic carbocycles. The molecule has 2 amide bonds. The lowest BCUT2D eigenvalue weighted by Crippen LogP contribution is -2.48. The SMILES string of the molecule is Cc1ccc(Nc2ncc(F)c(NC3=C(C(N)=O)CCC3)n2)cc1OCC(=O)N1CCN(C)CC1. The monoisotopic (exact) mass is 483 g/mol. The minimum atomic E-state index is -0.644. The number of nitrogens with two attached hydrogens (primary N) is 1. The number of nitrogens with zero attached hydrogens (tertiary/aromatic N) is 4. The second-order valence-electron chi connectivity index (χ2n) is 8.77. The molecule has 35 heavy (non-hydrogen) atoms. The molecule has 1 aliphatic heterocycles. The van der Waals surface area contributed by atoms with Crippen LogP contribution in [-0.4, -0.2) is 71.4 Å². The number of primary amides is 1. The summed E-state index contributed by atoms with van der Waals surface area (Å²) in [5, 5.41) is 5.93. The van der Waals surface area contributed by atoms with Gasteiger partial charge in [-0.2, -0.15) is 4.98 Å². The Hall–Kier alpha value is -3.73. The Morgan fingerprint density at radius 3 is 2.69 bits per heavy atom. The fourth-order valence-electron chi connectivity index (χ4n) is 4.06. The Bertz CT molecular complexity index is 1150. The lowest BCUT2D eigenvalue weighted by Gasteiger charge is -2.32. The third-order valence-corrected chi connectivity index (χ3v) is 6.18.